The third kappa shape index (κ3) is 2.69. The zero-order valence-electron chi connectivity index (χ0n) is 11.7. The molecule has 110 valence electrons. The first-order valence-corrected chi connectivity index (χ1v) is 9.18. The summed E-state index contributed by atoms with van der Waals surface area (Å²) in [6.45, 7) is 0.685. The van der Waals surface area contributed by atoms with Crippen molar-refractivity contribution in [2.75, 3.05) is 12.9 Å². The molecule has 5 heteroatoms. The maximum absolute atomic E-state index is 11.9. The zero-order valence-corrected chi connectivity index (χ0v) is 12.5. The molecular formula is C15H21NO3S. The Morgan fingerprint density at radius 1 is 1.20 bits per heavy atom. The SMILES string of the molecule is CS(=O)(=O)C1CCCC1NC1CCOc2ccccc21. The number of para-hydroxylation sites is 1. The highest BCUT2D eigenvalue weighted by Crippen LogP contribution is 2.34. The molecule has 0 radical (unpaired) electrons. The van der Waals surface area contributed by atoms with Crippen LogP contribution in [-0.2, 0) is 9.84 Å². The average molecular weight is 295 g/mol. The van der Waals surface area contributed by atoms with Crippen LogP contribution in [0.4, 0.5) is 0 Å². The Balaban J connectivity index is 1.79. The molecule has 2 aliphatic rings. The van der Waals surface area contributed by atoms with E-state index >= 15 is 0 Å². The molecule has 0 bridgehead atoms. The van der Waals surface area contributed by atoms with Gasteiger partial charge in [-0.25, -0.2) is 8.42 Å². The van der Waals surface area contributed by atoms with Gasteiger partial charge in [0.1, 0.15) is 5.75 Å². The van der Waals surface area contributed by atoms with Gasteiger partial charge in [-0.05, 0) is 18.9 Å². The third-order valence-electron chi connectivity index (χ3n) is 4.38. The van der Waals surface area contributed by atoms with Crippen LogP contribution in [0, 0.1) is 0 Å². The number of hydrogen-bond donors (Lipinski definition) is 1. The summed E-state index contributed by atoms with van der Waals surface area (Å²) < 4.78 is 29.4. The largest absolute Gasteiger partial charge is 0.493 e. The van der Waals surface area contributed by atoms with Crippen molar-refractivity contribution in [3.8, 4) is 5.75 Å². The molecule has 20 heavy (non-hydrogen) atoms. The van der Waals surface area contributed by atoms with Crippen molar-refractivity contribution >= 4 is 9.84 Å². The molecule has 0 aromatic heterocycles. The Morgan fingerprint density at radius 2 is 2.00 bits per heavy atom. The average Bonchev–Trinajstić information content (AvgIpc) is 2.87. The van der Waals surface area contributed by atoms with Crippen LogP contribution in [-0.4, -0.2) is 32.6 Å². The van der Waals surface area contributed by atoms with E-state index in [0.29, 0.717) is 6.61 Å². The monoisotopic (exact) mass is 295 g/mol. The van der Waals surface area contributed by atoms with Crippen LogP contribution in [0.15, 0.2) is 24.3 Å². The predicted octanol–water partition coefficient (Wildman–Crippen LogP) is 2.07. The van der Waals surface area contributed by atoms with Crippen molar-refractivity contribution in [2.45, 2.75) is 43.0 Å². The molecule has 0 amide bonds. The number of fused-ring (bicyclic) bond motifs is 1. The molecule has 3 atom stereocenters. The second-order valence-corrected chi connectivity index (χ2v) is 8.06. The summed E-state index contributed by atoms with van der Waals surface area (Å²) in [5.41, 5.74) is 1.15. The minimum Gasteiger partial charge on any atom is -0.493 e. The molecule has 1 aliphatic carbocycles. The fourth-order valence-corrected chi connectivity index (χ4v) is 4.81. The second-order valence-electron chi connectivity index (χ2n) is 5.80. The molecule has 3 unspecified atom stereocenters. The maximum Gasteiger partial charge on any atom is 0.151 e. The van der Waals surface area contributed by atoms with Gasteiger partial charge in [0.2, 0.25) is 0 Å². The molecule has 4 nitrogen and oxygen atoms in total. The van der Waals surface area contributed by atoms with Crippen LogP contribution in [0.1, 0.15) is 37.3 Å². The fourth-order valence-electron chi connectivity index (χ4n) is 3.40. The molecule has 1 heterocycles. The van der Waals surface area contributed by atoms with Gasteiger partial charge in [-0.1, -0.05) is 24.6 Å². The van der Waals surface area contributed by atoms with Crippen LogP contribution in [0.5, 0.6) is 5.75 Å². The first kappa shape index (κ1) is 13.9. The van der Waals surface area contributed by atoms with Crippen LogP contribution >= 0.6 is 0 Å². The van der Waals surface area contributed by atoms with E-state index in [1.807, 2.05) is 18.2 Å². The lowest BCUT2D eigenvalue weighted by molar-refractivity contribution is 0.244. The first-order chi connectivity index (χ1) is 9.55. The lowest BCUT2D eigenvalue weighted by Crippen LogP contribution is -2.43. The van der Waals surface area contributed by atoms with E-state index in [2.05, 4.69) is 11.4 Å². The Morgan fingerprint density at radius 3 is 2.80 bits per heavy atom. The standard InChI is InChI=1S/C15H21NO3S/c1-20(17,18)15-8-4-6-13(15)16-12-9-10-19-14-7-3-2-5-11(12)14/h2-3,5,7,12-13,15-16H,4,6,8-10H2,1H3. The van der Waals surface area contributed by atoms with Crippen LogP contribution in [0.2, 0.25) is 0 Å². The van der Waals surface area contributed by atoms with Crippen molar-refractivity contribution in [3.05, 3.63) is 29.8 Å². The van der Waals surface area contributed by atoms with Crippen LogP contribution in [0.25, 0.3) is 0 Å². The fraction of sp³-hybridized carbons (Fsp3) is 0.600. The molecule has 1 fully saturated rings. The predicted molar refractivity (Wildman–Crippen MR) is 78.7 cm³/mol. The van der Waals surface area contributed by atoms with Crippen molar-refractivity contribution in [1.82, 2.24) is 5.32 Å². The second kappa shape index (κ2) is 5.37. The summed E-state index contributed by atoms with van der Waals surface area (Å²) in [4.78, 5) is 0. The summed E-state index contributed by atoms with van der Waals surface area (Å²) in [7, 11) is -2.97. The van der Waals surface area contributed by atoms with Crippen molar-refractivity contribution < 1.29 is 13.2 Å². The van der Waals surface area contributed by atoms with E-state index < -0.39 is 9.84 Å². The lowest BCUT2D eigenvalue weighted by atomic mass is 9.99. The molecule has 0 saturated heterocycles. The van der Waals surface area contributed by atoms with Crippen molar-refractivity contribution in [2.24, 2.45) is 0 Å². The molecule has 1 aromatic carbocycles. The van der Waals surface area contributed by atoms with E-state index in [1.54, 1.807) is 0 Å². The van der Waals surface area contributed by atoms with E-state index in [4.69, 9.17) is 4.74 Å². The van der Waals surface area contributed by atoms with Crippen LogP contribution in [0.3, 0.4) is 0 Å². The van der Waals surface area contributed by atoms with Crippen molar-refractivity contribution in [3.63, 3.8) is 0 Å². The Kier molecular flexibility index (Phi) is 3.73. The molecule has 1 aliphatic heterocycles. The van der Waals surface area contributed by atoms with Gasteiger partial charge in [-0.2, -0.15) is 0 Å². The highest BCUT2D eigenvalue weighted by Gasteiger charge is 2.36. The van der Waals surface area contributed by atoms with Gasteiger partial charge >= 0.3 is 0 Å². The number of sulfone groups is 1. The number of hydrogen-bond acceptors (Lipinski definition) is 4. The van der Waals surface area contributed by atoms with Gasteiger partial charge < -0.3 is 10.1 Å². The van der Waals surface area contributed by atoms with Gasteiger partial charge in [0, 0.05) is 30.3 Å². The molecule has 1 saturated carbocycles. The summed E-state index contributed by atoms with van der Waals surface area (Å²) in [5, 5.41) is 3.33. The van der Waals surface area contributed by atoms with Gasteiger partial charge in [0.15, 0.2) is 9.84 Å². The Bertz CT molecular complexity index is 585. The number of ether oxygens (including phenoxy) is 1. The summed E-state index contributed by atoms with van der Waals surface area (Å²) in [6.07, 6.45) is 4.96. The van der Waals surface area contributed by atoms with Gasteiger partial charge in [0.25, 0.3) is 0 Å². The molecule has 1 aromatic rings. The number of benzene rings is 1. The number of nitrogens with one attached hydrogen (secondary N) is 1. The first-order valence-electron chi connectivity index (χ1n) is 7.22. The van der Waals surface area contributed by atoms with E-state index in [9.17, 15) is 8.42 Å². The zero-order chi connectivity index (χ0) is 14.2. The van der Waals surface area contributed by atoms with Crippen molar-refractivity contribution in [1.29, 1.82) is 0 Å². The summed E-state index contributed by atoms with van der Waals surface area (Å²) >= 11 is 0. The normalized spacial score (nSPS) is 29.8. The van der Waals surface area contributed by atoms with Crippen LogP contribution < -0.4 is 10.1 Å². The molecule has 3 rings (SSSR count). The Hall–Kier alpha value is -1.07. The number of rotatable bonds is 3. The highest BCUT2D eigenvalue weighted by atomic mass is 32.2. The summed E-state index contributed by atoms with van der Waals surface area (Å²) in [5.74, 6) is 0.921. The van der Waals surface area contributed by atoms with E-state index in [0.717, 1.165) is 37.0 Å². The Labute approximate surface area is 120 Å². The van der Waals surface area contributed by atoms with E-state index in [-0.39, 0.29) is 17.3 Å². The molecular weight excluding hydrogens is 274 g/mol. The minimum absolute atomic E-state index is 0.0705. The lowest BCUT2D eigenvalue weighted by Gasteiger charge is -2.31. The van der Waals surface area contributed by atoms with Gasteiger partial charge in [-0.3, -0.25) is 0 Å². The third-order valence-corrected chi connectivity index (χ3v) is 6.04. The van der Waals surface area contributed by atoms with E-state index in [1.165, 1.54) is 6.26 Å². The smallest absolute Gasteiger partial charge is 0.151 e. The topological polar surface area (TPSA) is 55.4 Å². The molecule has 1 N–H and O–H groups in total. The maximum atomic E-state index is 11.9. The van der Waals surface area contributed by atoms with Gasteiger partial charge in [-0.15, -0.1) is 0 Å². The summed E-state index contributed by atoms with van der Waals surface area (Å²) in [6, 6.07) is 8.29. The minimum atomic E-state index is -2.97. The molecule has 0 spiro atoms. The quantitative estimate of drug-likeness (QED) is 0.927. The highest BCUT2D eigenvalue weighted by molar-refractivity contribution is 7.91. The van der Waals surface area contributed by atoms with Gasteiger partial charge in [0.05, 0.1) is 11.9 Å².